The van der Waals surface area contributed by atoms with Crippen LogP contribution in [0.25, 0.3) is 16.9 Å². The Balaban J connectivity index is 1.58. The summed E-state index contributed by atoms with van der Waals surface area (Å²) >= 11 is 0. The standard InChI is InChI=1S/C16H12N6O2/c1-10-19-20-15-7-6-13(21-22(10)15)11-2-4-12(5-3-11)18-16(23)14-8-9-17-24-14/h2-9H,1H3,(H,18,23). The summed E-state index contributed by atoms with van der Waals surface area (Å²) in [6.45, 7) is 1.85. The second-order valence-electron chi connectivity index (χ2n) is 5.14. The van der Waals surface area contributed by atoms with Crippen molar-refractivity contribution >= 4 is 17.2 Å². The monoisotopic (exact) mass is 320 g/mol. The van der Waals surface area contributed by atoms with E-state index in [0.717, 1.165) is 17.1 Å². The fourth-order valence-electron chi connectivity index (χ4n) is 2.30. The average Bonchev–Trinajstić information content (AvgIpc) is 3.26. The molecule has 3 aromatic heterocycles. The topological polar surface area (TPSA) is 98.2 Å². The number of rotatable bonds is 3. The molecule has 1 N–H and O–H groups in total. The molecule has 118 valence electrons. The second-order valence-corrected chi connectivity index (χ2v) is 5.14. The Bertz CT molecular complexity index is 1000. The molecule has 0 atom stereocenters. The maximum Gasteiger partial charge on any atom is 0.294 e. The Hall–Kier alpha value is -3.55. The molecule has 0 saturated carbocycles. The van der Waals surface area contributed by atoms with E-state index in [9.17, 15) is 4.79 Å². The number of aromatic nitrogens is 5. The van der Waals surface area contributed by atoms with Gasteiger partial charge in [-0.1, -0.05) is 17.3 Å². The number of fused-ring (bicyclic) bond motifs is 1. The number of amides is 1. The van der Waals surface area contributed by atoms with E-state index in [-0.39, 0.29) is 11.7 Å². The summed E-state index contributed by atoms with van der Waals surface area (Å²) in [4.78, 5) is 11.9. The van der Waals surface area contributed by atoms with Crippen molar-refractivity contribution < 1.29 is 9.32 Å². The van der Waals surface area contributed by atoms with Crippen LogP contribution in [0.2, 0.25) is 0 Å². The minimum atomic E-state index is -0.347. The SMILES string of the molecule is Cc1nnc2ccc(-c3ccc(NC(=O)c4ccno4)cc3)nn12. The first-order chi connectivity index (χ1) is 11.7. The summed E-state index contributed by atoms with van der Waals surface area (Å²) < 4.78 is 6.51. The predicted molar refractivity (Wildman–Crippen MR) is 85.4 cm³/mol. The van der Waals surface area contributed by atoms with Crippen molar-refractivity contribution in [1.29, 1.82) is 0 Å². The molecule has 8 heteroatoms. The lowest BCUT2D eigenvalue weighted by Gasteiger charge is -2.05. The molecule has 0 spiro atoms. The van der Waals surface area contributed by atoms with Crippen LogP contribution in [-0.2, 0) is 0 Å². The van der Waals surface area contributed by atoms with Crippen LogP contribution in [-0.4, -0.2) is 30.9 Å². The molecule has 24 heavy (non-hydrogen) atoms. The van der Waals surface area contributed by atoms with Gasteiger partial charge in [0.25, 0.3) is 5.91 Å². The van der Waals surface area contributed by atoms with Gasteiger partial charge in [0.2, 0.25) is 5.76 Å². The van der Waals surface area contributed by atoms with Crippen LogP contribution in [0.4, 0.5) is 5.69 Å². The lowest BCUT2D eigenvalue weighted by atomic mass is 10.1. The van der Waals surface area contributed by atoms with Crippen molar-refractivity contribution in [2.24, 2.45) is 0 Å². The zero-order chi connectivity index (χ0) is 16.5. The third-order valence-corrected chi connectivity index (χ3v) is 3.52. The Morgan fingerprint density at radius 2 is 1.92 bits per heavy atom. The van der Waals surface area contributed by atoms with Crippen molar-refractivity contribution in [2.75, 3.05) is 5.32 Å². The van der Waals surface area contributed by atoms with E-state index in [1.807, 2.05) is 31.2 Å². The average molecular weight is 320 g/mol. The fourth-order valence-corrected chi connectivity index (χ4v) is 2.30. The maximum absolute atomic E-state index is 11.9. The summed E-state index contributed by atoms with van der Waals surface area (Å²) in [5, 5.41) is 18.8. The Morgan fingerprint density at radius 1 is 1.08 bits per heavy atom. The highest BCUT2D eigenvalue weighted by Crippen LogP contribution is 2.20. The highest BCUT2D eigenvalue weighted by Gasteiger charge is 2.10. The van der Waals surface area contributed by atoms with Crippen LogP contribution < -0.4 is 5.32 Å². The minimum Gasteiger partial charge on any atom is -0.351 e. The van der Waals surface area contributed by atoms with Gasteiger partial charge >= 0.3 is 0 Å². The van der Waals surface area contributed by atoms with Crippen LogP contribution in [0.1, 0.15) is 16.4 Å². The molecule has 8 nitrogen and oxygen atoms in total. The summed E-state index contributed by atoms with van der Waals surface area (Å²) in [5.74, 6) is 0.539. The molecule has 4 aromatic rings. The molecular formula is C16H12N6O2. The Morgan fingerprint density at radius 3 is 2.67 bits per heavy atom. The fraction of sp³-hybridized carbons (Fsp3) is 0.0625. The summed E-state index contributed by atoms with van der Waals surface area (Å²) in [5.41, 5.74) is 3.06. The summed E-state index contributed by atoms with van der Waals surface area (Å²) in [6.07, 6.45) is 1.42. The van der Waals surface area contributed by atoms with Crippen molar-refractivity contribution in [3.8, 4) is 11.3 Å². The normalized spacial score (nSPS) is 10.9. The number of aryl methyl sites for hydroxylation is 1. The van der Waals surface area contributed by atoms with E-state index in [4.69, 9.17) is 4.52 Å². The molecule has 1 aromatic carbocycles. The molecule has 4 rings (SSSR count). The molecule has 3 heterocycles. The van der Waals surface area contributed by atoms with Crippen molar-refractivity contribution in [3.63, 3.8) is 0 Å². The molecule has 0 aliphatic carbocycles. The first-order valence-corrected chi connectivity index (χ1v) is 7.22. The number of nitrogens with zero attached hydrogens (tertiary/aromatic N) is 5. The van der Waals surface area contributed by atoms with Crippen LogP contribution in [0, 0.1) is 6.92 Å². The minimum absolute atomic E-state index is 0.161. The largest absolute Gasteiger partial charge is 0.351 e. The van der Waals surface area contributed by atoms with Crippen LogP contribution in [0.15, 0.2) is 53.2 Å². The van der Waals surface area contributed by atoms with Gasteiger partial charge in [0.1, 0.15) is 0 Å². The number of hydrogen-bond acceptors (Lipinski definition) is 6. The molecule has 0 saturated heterocycles. The van der Waals surface area contributed by atoms with E-state index < -0.39 is 0 Å². The molecule has 0 bridgehead atoms. The van der Waals surface area contributed by atoms with Crippen molar-refractivity contribution in [3.05, 3.63) is 60.2 Å². The van der Waals surface area contributed by atoms with Gasteiger partial charge in [-0.15, -0.1) is 10.2 Å². The summed E-state index contributed by atoms with van der Waals surface area (Å²) in [6, 6.07) is 12.6. The molecule has 0 unspecified atom stereocenters. The summed E-state index contributed by atoms with van der Waals surface area (Å²) in [7, 11) is 0. The van der Waals surface area contributed by atoms with Gasteiger partial charge in [0.05, 0.1) is 11.9 Å². The number of anilines is 1. The number of carbonyl (C=O) groups is 1. The molecule has 0 aliphatic heterocycles. The van der Waals surface area contributed by atoms with Gasteiger partial charge in [-0.25, -0.2) is 0 Å². The van der Waals surface area contributed by atoms with Crippen LogP contribution >= 0.6 is 0 Å². The van der Waals surface area contributed by atoms with Gasteiger partial charge < -0.3 is 9.84 Å². The van der Waals surface area contributed by atoms with Gasteiger partial charge in [0, 0.05) is 17.3 Å². The van der Waals surface area contributed by atoms with E-state index in [1.165, 1.54) is 12.3 Å². The highest BCUT2D eigenvalue weighted by molar-refractivity contribution is 6.02. The predicted octanol–water partition coefficient (Wildman–Crippen LogP) is 2.34. The van der Waals surface area contributed by atoms with Gasteiger partial charge in [-0.2, -0.15) is 9.61 Å². The first-order valence-electron chi connectivity index (χ1n) is 7.22. The molecular weight excluding hydrogens is 308 g/mol. The van der Waals surface area contributed by atoms with Crippen LogP contribution in [0.3, 0.4) is 0 Å². The molecule has 1 amide bonds. The van der Waals surface area contributed by atoms with Crippen LogP contribution in [0.5, 0.6) is 0 Å². The quantitative estimate of drug-likeness (QED) is 0.622. The van der Waals surface area contributed by atoms with E-state index >= 15 is 0 Å². The number of carbonyl (C=O) groups excluding carboxylic acids is 1. The highest BCUT2D eigenvalue weighted by atomic mass is 16.5. The van der Waals surface area contributed by atoms with E-state index in [0.29, 0.717) is 11.3 Å². The van der Waals surface area contributed by atoms with E-state index in [2.05, 4.69) is 25.8 Å². The second kappa shape index (κ2) is 5.58. The third kappa shape index (κ3) is 2.50. The molecule has 0 radical (unpaired) electrons. The lowest BCUT2D eigenvalue weighted by Crippen LogP contribution is -2.10. The van der Waals surface area contributed by atoms with Crippen molar-refractivity contribution in [1.82, 2.24) is 25.0 Å². The number of hydrogen-bond donors (Lipinski definition) is 1. The van der Waals surface area contributed by atoms with Gasteiger partial charge in [-0.05, 0) is 31.2 Å². The first kappa shape index (κ1) is 14.1. The van der Waals surface area contributed by atoms with Gasteiger partial charge in [0.15, 0.2) is 11.5 Å². The smallest absolute Gasteiger partial charge is 0.294 e. The van der Waals surface area contributed by atoms with E-state index in [1.54, 1.807) is 16.6 Å². The molecule has 0 fully saturated rings. The Labute approximate surface area is 136 Å². The number of nitrogens with one attached hydrogen (secondary N) is 1. The Kier molecular flexibility index (Phi) is 3.27. The zero-order valence-electron chi connectivity index (χ0n) is 12.7. The van der Waals surface area contributed by atoms with Gasteiger partial charge in [-0.3, -0.25) is 4.79 Å². The maximum atomic E-state index is 11.9. The third-order valence-electron chi connectivity index (χ3n) is 3.52. The zero-order valence-corrected chi connectivity index (χ0v) is 12.7. The van der Waals surface area contributed by atoms with Crippen molar-refractivity contribution in [2.45, 2.75) is 6.92 Å². The molecule has 0 aliphatic rings. The number of benzene rings is 1. The lowest BCUT2D eigenvalue weighted by molar-refractivity contribution is 0.0988.